The third-order valence-electron chi connectivity index (χ3n) is 3.41. The molecule has 0 aliphatic carbocycles. The molecule has 5 heteroatoms. The SMILES string of the molecule is CCCCNC(=O)c1c(C)nn(-c2ccc(F)cc2)c1C. The highest BCUT2D eigenvalue weighted by atomic mass is 19.1. The summed E-state index contributed by atoms with van der Waals surface area (Å²) in [7, 11) is 0. The summed E-state index contributed by atoms with van der Waals surface area (Å²) < 4.78 is 14.7. The van der Waals surface area contributed by atoms with Crippen LogP contribution in [-0.2, 0) is 0 Å². The van der Waals surface area contributed by atoms with Crippen molar-refractivity contribution in [2.75, 3.05) is 6.54 Å². The van der Waals surface area contributed by atoms with Crippen molar-refractivity contribution in [3.8, 4) is 5.69 Å². The van der Waals surface area contributed by atoms with Crippen molar-refractivity contribution in [2.24, 2.45) is 0 Å². The lowest BCUT2D eigenvalue weighted by Crippen LogP contribution is -2.25. The third-order valence-corrected chi connectivity index (χ3v) is 3.41. The molecule has 0 aliphatic heterocycles. The number of hydrogen-bond acceptors (Lipinski definition) is 2. The van der Waals surface area contributed by atoms with E-state index in [2.05, 4.69) is 17.3 Å². The van der Waals surface area contributed by atoms with E-state index in [9.17, 15) is 9.18 Å². The minimum Gasteiger partial charge on any atom is -0.352 e. The van der Waals surface area contributed by atoms with Gasteiger partial charge in [-0.05, 0) is 44.5 Å². The lowest BCUT2D eigenvalue weighted by atomic mass is 10.2. The van der Waals surface area contributed by atoms with Crippen molar-refractivity contribution in [2.45, 2.75) is 33.6 Å². The number of nitrogens with zero attached hydrogens (tertiary/aromatic N) is 2. The second-order valence-corrected chi connectivity index (χ2v) is 5.04. The summed E-state index contributed by atoms with van der Waals surface area (Å²) in [5.74, 6) is -0.398. The lowest BCUT2D eigenvalue weighted by molar-refractivity contribution is 0.0952. The lowest BCUT2D eigenvalue weighted by Gasteiger charge is -2.06. The molecule has 1 aromatic heterocycles. The van der Waals surface area contributed by atoms with Crippen LogP contribution in [0.4, 0.5) is 4.39 Å². The van der Waals surface area contributed by atoms with Gasteiger partial charge in [-0.25, -0.2) is 9.07 Å². The molecule has 21 heavy (non-hydrogen) atoms. The van der Waals surface area contributed by atoms with E-state index < -0.39 is 0 Å². The number of amides is 1. The third kappa shape index (κ3) is 3.29. The highest BCUT2D eigenvalue weighted by molar-refractivity contribution is 5.96. The summed E-state index contributed by atoms with van der Waals surface area (Å²) >= 11 is 0. The van der Waals surface area contributed by atoms with Crippen molar-refractivity contribution in [3.05, 3.63) is 47.0 Å². The van der Waals surface area contributed by atoms with Gasteiger partial charge in [0.1, 0.15) is 5.82 Å². The molecule has 0 aliphatic rings. The van der Waals surface area contributed by atoms with Crippen LogP contribution in [0.15, 0.2) is 24.3 Å². The normalized spacial score (nSPS) is 10.7. The Morgan fingerprint density at radius 1 is 1.29 bits per heavy atom. The van der Waals surface area contributed by atoms with E-state index in [0.717, 1.165) is 24.2 Å². The van der Waals surface area contributed by atoms with E-state index in [1.165, 1.54) is 12.1 Å². The predicted octanol–water partition coefficient (Wildman–Crippen LogP) is 3.16. The maximum absolute atomic E-state index is 13.0. The van der Waals surface area contributed by atoms with Crippen LogP contribution < -0.4 is 5.32 Å². The van der Waals surface area contributed by atoms with E-state index in [0.29, 0.717) is 17.8 Å². The van der Waals surface area contributed by atoms with Gasteiger partial charge in [0.05, 0.1) is 22.6 Å². The van der Waals surface area contributed by atoms with Crippen LogP contribution in [-0.4, -0.2) is 22.2 Å². The summed E-state index contributed by atoms with van der Waals surface area (Å²) in [5.41, 5.74) is 2.76. The van der Waals surface area contributed by atoms with Gasteiger partial charge in [-0.15, -0.1) is 0 Å². The van der Waals surface area contributed by atoms with Crippen LogP contribution in [0, 0.1) is 19.7 Å². The summed E-state index contributed by atoms with van der Waals surface area (Å²) in [6.45, 7) is 6.39. The number of carbonyl (C=O) groups is 1. The van der Waals surface area contributed by atoms with Gasteiger partial charge in [-0.3, -0.25) is 4.79 Å². The van der Waals surface area contributed by atoms with E-state index in [1.54, 1.807) is 16.8 Å². The van der Waals surface area contributed by atoms with Crippen LogP contribution in [0.5, 0.6) is 0 Å². The van der Waals surface area contributed by atoms with Gasteiger partial charge in [0.2, 0.25) is 0 Å². The molecule has 1 heterocycles. The average Bonchev–Trinajstić information content (AvgIpc) is 2.75. The molecule has 2 rings (SSSR count). The maximum Gasteiger partial charge on any atom is 0.255 e. The number of rotatable bonds is 5. The van der Waals surface area contributed by atoms with Gasteiger partial charge in [-0.2, -0.15) is 5.10 Å². The van der Waals surface area contributed by atoms with Crippen molar-refractivity contribution >= 4 is 5.91 Å². The highest BCUT2D eigenvalue weighted by Gasteiger charge is 2.18. The fourth-order valence-corrected chi connectivity index (χ4v) is 2.27. The molecular formula is C16H20FN3O. The molecule has 2 aromatic rings. The molecule has 0 unspecified atom stereocenters. The Morgan fingerprint density at radius 3 is 2.57 bits per heavy atom. The number of carbonyl (C=O) groups excluding carboxylic acids is 1. The standard InChI is InChI=1S/C16H20FN3O/c1-4-5-10-18-16(21)15-11(2)19-20(12(15)3)14-8-6-13(17)7-9-14/h6-9H,4-5,10H2,1-3H3,(H,18,21). The smallest absolute Gasteiger partial charge is 0.255 e. The molecule has 0 saturated carbocycles. The summed E-state index contributed by atoms with van der Waals surface area (Å²) in [4.78, 5) is 12.2. The molecule has 4 nitrogen and oxygen atoms in total. The van der Waals surface area contributed by atoms with Crippen LogP contribution in [0.25, 0.3) is 5.69 Å². The quantitative estimate of drug-likeness (QED) is 0.859. The number of halogens is 1. The Hall–Kier alpha value is -2.17. The number of aromatic nitrogens is 2. The first kappa shape index (κ1) is 15.2. The molecule has 1 N–H and O–H groups in total. The number of aryl methyl sites for hydroxylation is 1. The first-order chi connectivity index (χ1) is 10.0. The van der Waals surface area contributed by atoms with Crippen LogP contribution in [0.3, 0.4) is 0 Å². The molecule has 112 valence electrons. The molecule has 0 saturated heterocycles. The zero-order chi connectivity index (χ0) is 15.4. The zero-order valence-corrected chi connectivity index (χ0v) is 12.6. The van der Waals surface area contributed by atoms with Gasteiger partial charge in [-0.1, -0.05) is 13.3 Å². The second-order valence-electron chi connectivity index (χ2n) is 5.04. The average molecular weight is 289 g/mol. The molecule has 0 atom stereocenters. The molecule has 0 radical (unpaired) electrons. The minimum absolute atomic E-state index is 0.105. The van der Waals surface area contributed by atoms with Gasteiger partial charge < -0.3 is 5.32 Å². The number of benzene rings is 1. The minimum atomic E-state index is -0.294. The Labute approximate surface area is 124 Å². The fourth-order valence-electron chi connectivity index (χ4n) is 2.27. The van der Waals surface area contributed by atoms with Crippen LogP contribution in [0.2, 0.25) is 0 Å². The van der Waals surface area contributed by atoms with Crippen molar-refractivity contribution in [3.63, 3.8) is 0 Å². The monoisotopic (exact) mass is 289 g/mol. The number of hydrogen-bond donors (Lipinski definition) is 1. The first-order valence-electron chi connectivity index (χ1n) is 7.15. The van der Waals surface area contributed by atoms with E-state index in [-0.39, 0.29) is 11.7 Å². The molecule has 0 spiro atoms. The van der Waals surface area contributed by atoms with E-state index in [4.69, 9.17) is 0 Å². The van der Waals surface area contributed by atoms with Crippen molar-refractivity contribution in [1.82, 2.24) is 15.1 Å². The Morgan fingerprint density at radius 2 is 1.95 bits per heavy atom. The van der Waals surface area contributed by atoms with Crippen LogP contribution >= 0.6 is 0 Å². The van der Waals surface area contributed by atoms with Gasteiger partial charge in [0.15, 0.2) is 0 Å². The van der Waals surface area contributed by atoms with Gasteiger partial charge in [0.25, 0.3) is 5.91 Å². The van der Waals surface area contributed by atoms with Gasteiger partial charge >= 0.3 is 0 Å². The number of nitrogens with one attached hydrogen (secondary N) is 1. The molecule has 0 fully saturated rings. The van der Waals surface area contributed by atoms with Crippen molar-refractivity contribution < 1.29 is 9.18 Å². The summed E-state index contributed by atoms with van der Waals surface area (Å²) in [6, 6.07) is 6.06. The topological polar surface area (TPSA) is 46.9 Å². The maximum atomic E-state index is 13.0. The Kier molecular flexibility index (Phi) is 4.73. The Bertz CT molecular complexity index is 632. The van der Waals surface area contributed by atoms with E-state index >= 15 is 0 Å². The predicted molar refractivity (Wildman–Crippen MR) is 80.2 cm³/mol. The molecule has 0 bridgehead atoms. The highest BCUT2D eigenvalue weighted by Crippen LogP contribution is 2.18. The molecule has 1 aromatic carbocycles. The molecule has 1 amide bonds. The zero-order valence-electron chi connectivity index (χ0n) is 12.6. The van der Waals surface area contributed by atoms with Gasteiger partial charge in [0, 0.05) is 6.54 Å². The largest absolute Gasteiger partial charge is 0.352 e. The number of unbranched alkanes of at least 4 members (excludes halogenated alkanes) is 1. The van der Waals surface area contributed by atoms with Crippen LogP contribution in [0.1, 0.15) is 41.5 Å². The summed E-state index contributed by atoms with van der Waals surface area (Å²) in [5, 5.41) is 7.30. The molecular weight excluding hydrogens is 269 g/mol. The Balaban J connectivity index is 2.29. The first-order valence-corrected chi connectivity index (χ1v) is 7.15. The van der Waals surface area contributed by atoms with E-state index in [1.807, 2.05) is 13.8 Å². The second kappa shape index (κ2) is 6.52. The summed E-state index contributed by atoms with van der Waals surface area (Å²) in [6.07, 6.45) is 1.99. The van der Waals surface area contributed by atoms with Crippen molar-refractivity contribution in [1.29, 1.82) is 0 Å². The fraction of sp³-hybridized carbons (Fsp3) is 0.375.